The van der Waals surface area contributed by atoms with E-state index < -0.39 is 67.3 Å². The van der Waals surface area contributed by atoms with E-state index in [0.29, 0.717) is 0 Å². The van der Waals surface area contributed by atoms with Gasteiger partial charge in [-0.2, -0.15) is 0 Å². The number of carbonyl (C=O) groups excluding carboxylic acids is 1. The van der Waals surface area contributed by atoms with E-state index in [2.05, 4.69) is 14.6 Å². The van der Waals surface area contributed by atoms with Crippen molar-refractivity contribution in [2.75, 3.05) is 12.1 Å². The number of amides is 1. The maximum absolute atomic E-state index is 14.8. The summed E-state index contributed by atoms with van der Waals surface area (Å²) in [6.07, 6.45) is 3.81. The van der Waals surface area contributed by atoms with Crippen molar-refractivity contribution in [3.63, 3.8) is 0 Å². The predicted octanol–water partition coefficient (Wildman–Crippen LogP) is 3.77. The van der Waals surface area contributed by atoms with Crippen LogP contribution >= 0.6 is 8.60 Å². The molecule has 0 spiro atoms. The maximum Gasteiger partial charge on any atom is 0.330 e. The van der Waals surface area contributed by atoms with E-state index in [1.54, 1.807) is 6.07 Å². The molecule has 0 bridgehead atoms. The summed E-state index contributed by atoms with van der Waals surface area (Å²) in [5, 5.41) is 5.74. The molecule has 0 aliphatic carbocycles. The SMILES string of the molecule is O=C(Nc1c(F)c(F)c(-c2ccccc2)c(F)c1F)c1c(OCOP(O)O)nn2ccncc12. The number of nitrogens with one attached hydrogen (secondary N) is 1. The van der Waals surface area contributed by atoms with E-state index in [1.807, 2.05) is 5.32 Å². The molecule has 0 aliphatic heterocycles. The molecule has 2 aromatic heterocycles. The van der Waals surface area contributed by atoms with Crippen LogP contribution < -0.4 is 10.1 Å². The number of carbonyl (C=O) groups is 1. The van der Waals surface area contributed by atoms with Crippen LogP contribution in [0.3, 0.4) is 0 Å². The lowest BCUT2D eigenvalue weighted by molar-refractivity contribution is 0.0947. The Bertz CT molecular complexity index is 1340. The minimum atomic E-state index is -2.78. The van der Waals surface area contributed by atoms with Gasteiger partial charge in [0.2, 0.25) is 5.88 Å². The van der Waals surface area contributed by atoms with Crippen LogP contribution in [0.1, 0.15) is 10.4 Å². The molecule has 1 amide bonds. The molecular weight excluding hydrogens is 483 g/mol. The lowest BCUT2D eigenvalue weighted by Crippen LogP contribution is -2.17. The average molecular weight is 496 g/mol. The third kappa shape index (κ3) is 4.41. The van der Waals surface area contributed by atoms with E-state index >= 15 is 0 Å². The molecule has 0 unspecified atom stereocenters. The lowest BCUT2D eigenvalue weighted by atomic mass is 10.0. The van der Waals surface area contributed by atoms with E-state index in [1.165, 1.54) is 42.9 Å². The molecular formula is C20H13F4N4O5P. The highest BCUT2D eigenvalue weighted by Gasteiger charge is 2.29. The quantitative estimate of drug-likeness (QED) is 0.154. The summed E-state index contributed by atoms with van der Waals surface area (Å²) in [4.78, 5) is 34.3. The number of aromatic nitrogens is 3. The van der Waals surface area contributed by atoms with E-state index in [-0.39, 0.29) is 11.1 Å². The summed E-state index contributed by atoms with van der Waals surface area (Å²) in [6.45, 7) is -0.742. The molecule has 176 valence electrons. The largest absolute Gasteiger partial charge is 0.448 e. The van der Waals surface area contributed by atoms with Gasteiger partial charge in [-0.05, 0) is 5.56 Å². The number of anilines is 1. The van der Waals surface area contributed by atoms with Gasteiger partial charge in [-0.15, -0.1) is 5.10 Å². The first-order valence-corrected chi connectivity index (χ1v) is 10.4. The lowest BCUT2D eigenvalue weighted by Gasteiger charge is -2.13. The first-order valence-electron chi connectivity index (χ1n) is 9.28. The Hall–Kier alpha value is -3.64. The third-order valence-corrected chi connectivity index (χ3v) is 4.90. The second-order valence-corrected chi connectivity index (χ2v) is 7.32. The average Bonchev–Trinajstić information content (AvgIpc) is 3.19. The molecule has 4 rings (SSSR count). The summed E-state index contributed by atoms with van der Waals surface area (Å²) in [7, 11) is -2.78. The Labute approximate surface area is 189 Å². The fraction of sp³-hybridized carbons (Fsp3) is 0.0500. The number of benzene rings is 2. The van der Waals surface area contributed by atoms with Crippen LogP contribution in [0, 0.1) is 23.3 Å². The number of rotatable bonds is 7. The monoisotopic (exact) mass is 496 g/mol. The Kier molecular flexibility index (Phi) is 6.70. The predicted molar refractivity (Wildman–Crippen MR) is 111 cm³/mol. The molecule has 2 heterocycles. The van der Waals surface area contributed by atoms with E-state index in [9.17, 15) is 22.4 Å². The van der Waals surface area contributed by atoms with Gasteiger partial charge >= 0.3 is 8.60 Å². The van der Waals surface area contributed by atoms with Gasteiger partial charge < -0.3 is 19.8 Å². The van der Waals surface area contributed by atoms with Crippen LogP contribution in [0.4, 0.5) is 23.2 Å². The standard InChI is InChI=1S/C20H13F4N4O5P/c21-14-12(10-4-2-1-3-5-10)15(22)17(24)18(16(14)23)26-19(29)13-11-8-25-6-7-28(11)27-20(13)32-9-33-34(30)31/h1-8,30-31H,9H2,(H,26,29). The number of halogens is 4. The fourth-order valence-corrected chi connectivity index (χ4v) is 3.24. The van der Waals surface area contributed by atoms with Gasteiger partial charge in [0.1, 0.15) is 16.8 Å². The number of hydrogen-bond acceptors (Lipinski definition) is 7. The molecule has 3 N–H and O–H groups in total. The second-order valence-electron chi connectivity index (χ2n) is 6.56. The van der Waals surface area contributed by atoms with Crippen LogP contribution in [0.2, 0.25) is 0 Å². The molecule has 4 aromatic rings. The molecule has 0 saturated carbocycles. The minimum Gasteiger partial charge on any atom is -0.448 e. The molecule has 9 nitrogen and oxygen atoms in total. The topological polar surface area (TPSA) is 118 Å². The number of ether oxygens (including phenoxy) is 1. The Balaban J connectivity index is 1.74. The molecule has 0 atom stereocenters. The number of nitrogens with zero attached hydrogens (tertiary/aromatic N) is 3. The van der Waals surface area contributed by atoms with Crippen molar-refractivity contribution in [1.29, 1.82) is 0 Å². The summed E-state index contributed by atoms with van der Waals surface area (Å²) in [6, 6.07) is 6.95. The van der Waals surface area contributed by atoms with Gasteiger partial charge in [0, 0.05) is 12.4 Å². The van der Waals surface area contributed by atoms with Gasteiger partial charge in [0.15, 0.2) is 30.1 Å². The van der Waals surface area contributed by atoms with Crippen molar-refractivity contribution in [3.8, 4) is 17.0 Å². The molecule has 14 heteroatoms. The van der Waals surface area contributed by atoms with Gasteiger partial charge in [0.25, 0.3) is 5.91 Å². The normalized spacial score (nSPS) is 11.3. The van der Waals surface area contributed by atoms with Gasteiger partial charge in [-0.1, -0.05) is 30.3 Å². The van der Waals surface area contributed by atoms with Gasteiger partial charge in [-0.3, -0.25) is 14.3 Å². The van der Waals surface area contributed by atoms with Crippen molar-refractivity contribution in [2.24, 2.45) is 0 Å². The van der Waals surface area contributed by atoms with Crippen molar-refractivity contribution in [3.05, 3.63) is 77.8 Å². The first-order chi connectivity index (χ1) is 16.3. The Morgan fingerprint density at radius 1 is 1.06 bits per heavy atom. The summed E-state index contributed by atoms with van der Waals surface area (Å²) < 4.78 is 69.6. The highest BCUT2D eigenvalue weighted by molar-refractivity contribution is 7.39. The molecule has 2 aromatic carbocycles. The zero-order chi connectivity index (χ0) is 24.4. The summed E-state index contributed by atoms with van der Waals surface area (Å²) in [5.74, 6) is -8.73. The zero-order valence-corrected chi connectivity index (χ0v) is 17.6. The molecule has 0 fully saturated rings. The van der Waals surface area contributed by atoms with Crippen molar-refractivity contribution in [2.45, 2.75) is 0 Å². The molecule has 0 aliphatic rings. The zero-order valence-electron chi connectivity index (χ0n) is 16.7. The number of fused-ring (bicyclic) bond motifs is 1. The Morgan fingerprint density at radius 3 is 2.38 bits per heavy atom. The van der Waals surface area contributed by atoms with Gasteiger partial charge in [-0.25, -0.2) is 22.1 Å². The molecule has 0 saturated heterocycles. The van der Waals surface area contributed by atoms with E-state index in [0.717, 1.165) is 4.52 Å². The van der Waals surface area contributed by atoms with Crippen LogP contribution in [0.25, 0.3) is 16.6 Å². The summed E-state index contributed by atoms with van der Waals surface area (Å²) in [5.41, 5.74) is -2.80. The summed E-state index contributed by atoms with van der Waals surface area (Å²) >= 11 is 0. The van der Waals surface area contributed by atoms with Crippen LogP contribution in [0.15, 0.2) is 48.9 Å². The van der Waals surface area contributed by atoms with Crippen LogP contribution in [0.5, 0.6) is 5.88 Å². The van der Waals surface area contributed by atoms with Gasteiger partial charge in [0.05, 0.1) is 11.8 Å². The fourth-order valence-electron chi connectivity index (χ4n) is 3.10. The third-order valence-electron chi connectivity index (χ3n) is 4.56. The van der Waals surface area contributed by atoms with Crippen molar-refractivity contribution < 1.29 is 41.4 Å². The highest BCUT2D eigenvalue weighted by Crippen LogP contribution is 2.35. The van der Waals surface area contributed by atoms with Crippen LogP contribution in [-0.4, -0.2) is 37.1 Å². The minimum absolute atomic E-state index is 0.00734. The second kappa shape index (κ2) is 9.69. The highest BCUT2D eigenvalue weighted by atomic mass is 31.2. The number of hydrogen-bond donors (Lipinski definition) is 3. The molecule has 34 heavy (non-hydrogen) atoms. The smallest absolute Gasteiger partial charge is 0.330 e. The first kappa shape index (κ1) is 23.5. The Morgan fingerprint density at radius 2 is 1.74 bits per heavy atom. The maximum atomic E-state index is 14.8. The molecule has 0 radical (unpaired) electrons. The van der Waals surface area contributed by atoms with Crippen LogP contribution in [-0.2, 0) is 4.52 Å². The van der Waals surface area contributed by atoms with Crippen molar-refractivity contribution in [1.82, 2.24) is 14.6 Å². The van der Waals surface area contributed by atoms with Crippen molar-refractivity contribution >= 4 is 25.7 Å². The van der Waals surface area contributed by atoms with E-state index in [4.69, 9.17) is 14.5 Å².